The molecular weight excluding hydrogens is 498 g/mol. The molecule has 2 saturated heterocycles. The molecule has 194 valence electrons. The fourth-order valence-electron chi connectivity index (χ4n) is 4.56. The molecule has 2 saturated carbocycles. The summed E-state index contributed by atoms with van der Waals surface area (Å²) in [5.41, 5.74) is 3.10. The van der Waals surface area contributed by atoms with Crippen molar-refractivity contribution in [3.05, 3.63) is 139 Å². The molecule has 4 fully saturated rings. The van der Waals surface area contributed by atoms with Gasteiger partial charge in [-0.05, 0) is 62.4 Å². The van der Waals surface area contributed by atoms with Crippen LogP contribution in [0.4, 0.5) is 0 Å². The molecule has 6 aliphatic rings. The van der Waals surface area contributed by atoms with Crippen molar-refractivity contribution in [3.8, 4) is 0 Å². The third-order valence-electron chi connectivity index (χ3n) is 6.36. The molecule has 6 rings (SSSR count). The second-order valence-corrected chi connectivity index (χ2v) is 13.3. The van der Waals surface area contributed by atoms with Gasteiger partial charge in [0.25, 0.3) is 0 Å². The molecule has 0 spiro atoms. The number of allylic oxidation sites excluding steroid dienone is 8. The van der Waals surface area contributed by atoms with E-state index in [1.807, 2.05) is 0 Å². The Bertz CT molecular complexity index is 609. The second kappa shape index (κ2) is 21.0. The monoisotopic (exact) mass is 544 g/mol. The van der Waals surface area contributed by atoms with Crippen molar-refractivity contribution in [1.29, 1.82) is 0 Å². The number of ether oxygens (including phenoxy) is 2. The smallest absolute Gasteiger partial charge is 0.381 e. The van der Waals surface area contributed by atoms with Crippen LogP contribution in [0.25, 0.3) is 0 Å². The van der Waals surface area contributed by atoms with Crippen LogP contribution in [0.2, 0.25) is 13.1 Å². The van der Waals surface area contributed by atoms with Gasteiger partial charge in [-0.3, -0.25) is 0 Å². The van der Waals surface area contributed by atoms with Gasteiger partial charge in [0, 0.05) is 50.1 Å². The zero-order valence-electron chi connectivity index (χ0n) is 24.1. The van der Waals surface area contributed by atoms with Crippen LogP contribution < -0.4 is 0 Å². The summed E-state index contributed by atoms with van der Waals surface area (Å²) in [4.78, 5) is 0. The molecule has 37 heavy (non-hydrogen) atoms. The van der Waals surface area contributed by atoms with Crippen LogP contribution >= 0.6 is 0 Å². The van der Waals surface area contributed by atoms with Crippen molar-refractivity contribution >= 4 is 42.8 Å². The normalized spacial score (nSPS) is 22.8. The Morgan fingerprint density at radius 3 is 1.14 bits per heavy atom. The van der Waals surface area contributed by atoms with Gasteiger partial charge in [0.15, 0.2) is 0 Å². The van der Waals surface area contributed by atoms with Crippen LogP contribution in [0.3, 0.4) is 0 Å². The molecule has 0 unspecified atom stereocenters. The third kappa shape index (κ3) is 10.9. The van der Waals surface area contributed by atoms with E-state index in [0.29, 0.717) is 0 Å². The predicted octanol–water partition coefficient (Wildman–Crippen LogP) is 6.95. The first-order chi connectivity index (χ1) is 15.2. The minimum absolute atomic E-state index is 0. The maximum Gasteiger partial charge on any atom is 3.00 e. The van der Waals surface area contributed by atoms with E-state index in [1.165, 1.54) is 49.4 Å². The molecule has 5 heteroatoms. The van der Waals surface area contributed by atoms with Crippen molar-refractivity contribution in [1.82, 2.24) is 0 Å². The van der Waals surface area contributed by atoms with Crippen molar-refractivity contribution in [2.24, 2.45) is 0 Å². The Labute approximate surface area is 255 Å². The van der Waals surface area contributed by atoms with Gasteiger partial charge in [0.2, 0.25) is 0 Å². The summed E-state index contributed by atoms with van der Waals surface area (Å²) >= 11 is 0. The molecule has 0 aromatic heterocycles. The fraction of sp³-hybridized carbons (Fsp3) is 0.312. The Morgan fingerprint density at radius 2 is 0.838 bits per heavy atom. The minimum Gasteiger partial charge on any atom is -0.381 e. The van der Waals surface area contributed by atoms with Gasteiger partial charge in [0.1, 0.15) is 0 Å². The fourth-order valence-corrected chi connectivity index (χ4v) is 7.65. The SMILES string of the molecule is C1CCOC1.C1CCOC1.C[Si](C)([C]1[CH][CH][C]2C=CC=C[C]21)[C]1[CH][CH][C]2C=CC=C[C]21.[Al+3].[Al+3].[CH3-].[CH3-].[CH3-].[CH3-]. The van der Waals surface area contributed by atoms with Crippen molar-refractivity contribution < 1.29 is 9.47 Å². The topological polar surface area (TPSA) is 18.5 Å². The van der Waals surface area contributed by atoms with Crippen LogP contribution in [0.1, 0.15) is 25.7 Å². The summed E-state index contributed by atoms with van der Waals surface area (Å²) in [6.07, 6.45) is 31.9. The van der Waals surface area contributed by atoms with Crippen molar-refractivity contribution in [3.63, 3.8) is 0 Å². The molecule has 2 heterocycles. The second-order valence-electron chi connectivity index (χ2n) is 8.93. The minimum atomic E-state index is -1.68. The van der Waals surface area contributed by atoms with Crippen LogP contribution in [0.15, 0.2) is 48.6 Å². The first-order valence-corrected chi connectivity index (χ1v) is 14.6. The van der Waals surface area contributed by atoms with E-state index in [-0.39, 0.29) is 64.4 Å². The Morgan fingerprint density at radius 1 is 0.514 bits per heavy atom. The molecular formula is C32H46Al2O2Si+2. The molecule has 0 N–H and O–H groups in total. The first-order valence-electron chi connectivity index (χ1n) is 11.6. The van der Waals surface area contributed by atoms with E-state index >= 15 is 0 Å². The number of fused-ring (bicyclic) bond motifs is 2. The van der Waals surface area contributed by atoms with Crippen molar-refractivity contribution in [2.45, 2.75) is 38.8 Å². The van der Waals surface area contributed by atoms with E-state index in [4.69, 9.17) is 9.47 Å². The standard InChI is InChI=1S/C20H18Si.2C4H8O.4CH3.2Al/c1-21(2,19-13-11-15-7-3-5-9-17(15)19)20-14-12-16-8-4-6-10-18(16)20;2*1-2-4-5-3-1;;;;;;/h3-14H,1-2H3;2*1-4H2;4*1H3;;/q;;;4*-1;2*+3. The van der Waals surface area contributed by atoms with Crippen LogP contribution in [0, 0.1) is 90.1 Å². The number of hydrogen-bond acceptors (Lipinski definition) is 2. The van der Waals surface area contributed by atoms with Gasteiger partial charge in [-0.1, -0.05) is 61.7 Å². The molecule has 2 nitrogen and oxygen atoms in total. The Kier molecular flexibility index (Phi) is 23.6. The van der Waals surface area contributed by atoms with E-state index < -0.39 is 8.07 Å². The van der Waals surface area contributed by atoms with Gasteiger partial charge in [0.05, 0.1) is 8.07 Å². The summed E-state index contributed by atoms with van der Waals surface area (Å²) in [7, 11) is -1.68. The van der Waals surface area contributed by atoms with Gasteiger partial charge in [-0.15, -0.1) is 0 Å². The predicted molar refractivity (Wildman–Crippen MR) is 168 cm³/mol. The Hall–Kier alpha value is 0.162. The largest absolute Gasteiger partial charge is 3.00 e. The maximum atomic E-state index is 4.94. The van der Waals surface area contributed by atoms with Crippen molar-refractivity contribution in [2.75, 3.05) is 26.4 Å². The summed E-state index contributed by atoms with van der Waals surface area (Å²) in [5.74, 6) is 5.59. The van der Waals surface area contributed by atoms with E-state index in [9.17, 15) is 0 Å². The molecule has 0 atom stereocenters. The zero-order valence-corrected chi connectivity index (χ0v) is 27.4. The quantitative estimate of drug-likeness (QED) is 0.277. The summed E-state index contributed by atoms with van der Waals surface area (Å²) in [5, 5.41) is 0. The maximum absolute atomic E-state index is 4.94. The van der Waals surface area contributed by atoms with Gasteiger partial charge in [-0.25, -0.2) is 0 Å². The molecule has 0 aromatic carbocycles. The number of hydrogen-bond donors (Lipinski definition) is 0. The van der Waals surface area contributed by atoms with Crippen LogP contribution in [0.5, 0.6) is 0 Å². The van der Waals surface area contributed by atoms with Gasteiger partial charge in [-0.2, -0.15) is 0 Å². The van der Waals surface area contributed by atoms with E-state index in [1.54, 1.807) is 11.1 Å². The molecule has 2 aliphatic heterocycles. The average molecular weight is 545 g/mol. The summed E-state index contributed by atoms with van der Waals surface area (Å²) in [6, 6.07) is 0. The van der Waals surface area contributed by atoms with E-state index in [2.05, 4.69) is 87.4 Å². The molecule has 0 bridgehead atoms. The van der Waals surface area contributed by atoms with E-state index in [0.717, 1.165) is 26.4 Å². The first kappa shape index (κ1) is 41.6. The van der Waals surface area contributed by atoms with Crippen LogP contribution in [-0.4, -0.2) is 69.2 Å². The van der Waals surface area contributed by atoms with Crippen LogP contribution in [-0.2, 0) is 9.47 Å². The summed E-state index contributed by atoms with van der Waals surface area (Å²) in [6.45, 7) is 8.94. The molecule has 10 radical (unpaired) electrons. The Balaban J connectivity index is -0.000000616. The number of rotatable bonds is 2. The average Bonchev–Trinajstić information content (AvgIpc) is 3.61. The van der Waals surface area contributed by atoms with Gasteiger partial charge < -0.3 is 39.2 Å². The molecule has 4 aliphatic carbocycles. The summed E-state index contributed by atoms with van der Waals surface area (Å²) < 4.78 is 9.89. The zero-order chi connectivity index (χ0) is 21.5. The molecule has 0 aromatic rings. The molecule has 0 amide bonds. The third-order valence-corrected chi connectivity index (χ3v) is 9.93. The van der Waals surface area contributed by atoms with Gasteiger partial charge >= 0.3 is 34.7 Å².